The van der Waals surface area contributed by atoms with Gasteiger partial charge in [-0.15, -0.1) is 16.4 Å². The van der Waals surface area contributed by atoms with Crippen LogP contribution in [0.5, 0.6) is 0 Å². The van der Waals surface area contributed by atoms with Crippen LogP contribution in [0.25, 0.3) is 11.5 Å². The highest BCUT2D eigenvalue weighted by molar-refractivity contribution is 7.10. The van der Waals surface area contributed by atoms with Crippen LogP contribution < -0.4 is 5.32 Å². The van der Waals surface area contributed by atoms with Gasteiger partial charge in [-0.3, -0.25) is 0 Å². The maximum atomic E-state index is 4.52. The number of imidazole rings is 1. The zero-order chi connectivity index (χ0) is 15.6. The van der Waals surface area contributed by atoms with Gasteiger partial charge in [-0.05, 0) is 44.3 Å². The van der Waals surface area contributed by atoms with E-state index in [0.717, 1.165) is 37.4 Å². The predicted octanol–water partition coefficient (Wildman–Crippen LogP) is 2.74. The summed E-state index contributed by atoms with van der Waals surface area (Å²) in [6.45, 7) is 4.28. The highest BCUT2D eigenvalue weighted by Crippen LogP contribution is 2.27. The summed E-state index contributed by atoms with van der Waals surface area (Å²) in [5.41, 5.74) is 0.844. The van der Waals surface area contributed by atoms with E-state index in [9.17, 15) is 0 Å². The molecule has 3 aromatic rings. The lowest BCUT2D eigenvalue weighted by molar-refractivity contribution is 0.337. The van der Waals surface area contributed by atoms with E-state index in [1.165, 1.54) is 4.88 Å². The fourth-order valence-corrected chi connectivity index (χ4v) is 3.90. The van der Waals surface area contributed by atoms with Gasteiger partial charge in [-0.1, -0.05) is 11.3 Å². The molecule has 0 spiro atoms. The van der Waals surface area contributed by atoms with Gasteiger partial charge in [0, 0.05) is 17.3 Å². The monoisotopic (exact) mass is 328 g/mol. The molecule has 1 aliphatic rings. The molecule has 1 N–H and O–H groups in total. The smallest absolute Gasteiger partial charge is 0.162 e. The van der Waals surface area contributed by atoms with Crippen LogP contribution in [0, 0.1) is 0 Å². The molecule has 120 valence electrons. The van der Waals surface area contributed by atoms with Crippen molar-refractivity contribution in [3.05, 3.63) is 41.0 Å². The molecule has 1 saturated heterocycles. The first-order valence-electron chi connectivity index (χ1n) is 8.02. The number of hydrogen-bond donors (Lipinski definition) is 1. The Bertz CT molecular complexity index is 753. The molecule has 7 heteroatoms. The summed E-state index contributed by atoms with van der Waals surface area (Å²) in [5, 5.41) is 14.2. The highest BCUT2D eigenvalue weighted by atomic mass is 32.1. The van der Waals surface area contributed by atoms with Gasteiger partial charge in [-0.25, -0.2) is 9.67 Å². The third-order valence-electron chi connectivity index (χ3n) is 4.46. The second-order valence-electron chi connectivity index (χ2n) is 5.91. The first-order valence-corrected chi connectivity index (χ1v) is 8.90. The van der Waals surface area contributed by atoms with Crippen LogP contribution in [-0.4, -0.2) is 37.6 Å². The van der Waals surface area contributed by atoms with E-state index in [0.29, 0.717) is 6.04 Å². The Hall–Kier alpha value is -1.99. The van der Waals surface area contributed by atoms with Crippen LogP contribution in [0.3, 0.4) is 0 Å². The largest absolute Gasteiger partial charge is 0.322 e. The third-order valence-corrected chi connectivity index (χ3v) is 5.51. The van der Waals surface area contributed by atoms with E-state index in [4.69, 9.17) is 0 Å². The molecule has 4 rings (SSSR count). The molecule has 4 heterocycles. The number of nitrogens with one attached hydrogen (secondary N) is 1. The predicted molar refractivity (Wildman–Crippen MR) is 90.5 cm³/mol. The normalized spacial score (nSPS) is 17.4. The van der Waals surface area contributed by atoms with Crippen molar-refractivity contribution < 1.29 is 0 Å². The average Bonchev–Trinajstić information content (AvgIpc) is 3.35. The van der Waals surface area contributed by atoms with E-state index < -0.39 is 0 Å². The van der Waals surface area contributed by atoms with Gasteiger partial charge in [0.25, 0.3) is 0 Å². The SMILES string of the molecule is CC(c1cccs1)n1ccnc1-c1cn(C2CCNCC2)nn1. The summed E-state index contributed by atoms with van der Waals surface area (Å²) >= 11 is 1.76. The Balaban J connectivity index is 1.62. The molecule has 1 unspecified atom stereocenters. The third kappa shape index (κ3) is 2.82. The van der Waals surface area contributed by atoms with Gasteiger partial charge < -0.3 is 9.88 Å². The van der Waals surface area contributed by atoms with Gasteiger partial charge in [0.05, 0.1) is 18.3 Å². The molecule has 6 nitrogen and oxygen atoms in total. The maximum Gasteiger partial charge on any atom is 0.162 e. The molecule has 0 amide bonds. The Morgan fingerprint density at radius 2 is 2.22 bits per heavy atom. The zero-order valence-corrected chi connectivity index (χ0v) is 13.9. The van der Waals surface area contributed by atoms with Crippen LogP contribution in [-0.2, 0) is 0 Å². The van der Waals surface area contributed by atoms with Gasteiger partial charge in [0.2, 0.25) is 0 Å². The van der Waals surface area contributed by atoms with Crippen LogP contribution in [0.2, 0.25) is 0 Å². The summed E-state index contributed by atoms with van der Waals surface area (Å²) in [6.07, 6.45) is 8.09. The van der Waals surface area contributed by atoms with E-state index >= 15 is 0 Å². The first-order chi connectivity index (χ1) is 11.3. The van der Waals surface area contributed by atoms with Gasteiger partial charge in [-0.2, -0.15) is 0 Å². The van der Waals surface area contributed by atoms with Crippen molar-refractivity contribution in [3.63, 3.8) is 0 Å². The lowest BCUT2D eigenvalue weighted by Gasteiger charge is -2.22. The van der Waals surface area contributed by atoms with Crippen molar-refractivity contribution in [2.24, 2.45) is 0 Å². The minimum absolute atomic E-state index is 0.247. The van der Waals surface area contributed by atoms with Crippen LogP contribution >= 0.6 is 11.3 Å². The van der Waals surface area contributed by atoms with Crippen molar-refractivity contribution in [1.82, 2.24) is 29.9 Å². The Morgan fingerprint density at radius 1 is 1.35 bits per heavy atom. The first kappa shape index (κ1) is 14.6. The molecule has 3 aromatic heterocycles. The lowest BCUT2D eigenvalue weighted by atomic mass is 10.1. The maximum absolute atomic E-state index is 4.52. The van der Waals surface area contributed by atoms with Crippen molar-refractivity contribution in [1.29, 1.82) is 0 Å². The van der Waals surface area contributed by atoms with E-state index in [-0.39, 0.29) is 6.04 Å². The second kappa shape index (κ2) is 6.25. The molecular weight excluding hydrogens is 308 g/mol. The number of hydrogen-bond acceptors (Lipinski definition) is 5. The Morgan fingerprint density at radius 3 is 3.00 bits per heavy atom. The topological polar surface area (TPSA) is 60.6 Å². The summed E-state index contributed by atoms with van der Waals surface area (Å²) in [4.78, 5) is 5.83. The number of thiophene rings is 1. The van der Waals surface area contributed by atoms with Gasteiger partial charge in [0.1, 0.15) is 5.69 Å². The molecule has 0 aliphatic carbocycles. The summed E-state index contributed by atoms with van der Waals surface area (Å²) in [6, 6.07) is 4.93. The minimum atomic E-state index is 0.247. The molecule has 0 radical (unpaired) electrons. The molecule has 1 atom stereocenters. The van der Waals surface area contributed by atoms with Crippen LogP contribution in [0.15, 0.2) is 36.1 Å². The van der Waals surface area contributed by atoms with E-state index in [1.54, 1.807) is 11.3 Å². The standard InChI is InChI=1S/C16H20N6S/c1-12(15-3-2-10-23-15)21-9-8-18-16(21)14-11-22(20-19-14)13-4-6-17-7-5-13/h2-3,8-13,17H,4-7H2,1H3. The number of aromatic nitrogens is 5. The molecule has 0 bridgehead atoms. The van der Waals surface area contributed by atoms with Crippen molar-refractivity contribution in [2.45, 2.75) is 31.8 Å². The minimum Gasteiger partial charge on any atom is -0.322 e. The van der Waals surface area contributed by atoms with Crippen LogP contribution in [0.4, 0.5) is 0 Å². The van der Waals surface area contributed by atoms with Gasteiger partial charge >= 0.3 is 0 Å². The van der Waals surface area contributed by atoms with Gasteiger partial charge in [0.15, 0.2) is 5.82 Å². The Kier molecular flexibility index (Phi) is 3.97. The number of rotatable bonds is 4. The molecule has 0 saturated carbocycles. The Labute approximate surface area is 139 Å². The number of piperidine rings is 1. The summed E-state index contributed by atoms with van der Waals surface area (Å²) in [7, 11) is 0. The fraction of sp³-hybridized carbons (Fsp3) is 0.438. The molecule has 1 fully saturated rings. The number of nitrogens with zero attached hydrogens (tertiary/aromatic N) is 5. The quantitative estimate of drug-likeness (QED) is 0.800. The zero-order valence-electron chi connectivity index (χ0n) is 13.1. The highest BCUT2D eigenvalue weighted by Gasteiger charge is 2.20. The molecular formula is C16H20N6S. The van der Waals surface area contributed by atoms with E-state index in [2.05, 4.69) is 49.6 Å². The molecule has 1 aliphatic heterocycles. The molecule has 23 heavy (non-hydrogen) atoms. The van der Waals surface area contributed by atoms with Crippen molar-refractivity contribution in [3.8, 4) is 11.5 Å². The van der Waals surface area contributed by atoms with Crippen molar-refractivity contribution >= 4 is 11.3 Å². The van der Waals surface area contributed by atoms with Crippen LogP contribution in [0.1, 0.15) is 36.7 Å². The summed E-state index contributed by atoms with van der Waals surface area (Å²) < 4.78 is 4.17. The molecule has 0 aromatic carbocycles. The fourth-order valence-electron chi connectivity index (χ4n) is 3.12. The average molecular weight is 328 g/mol. The van der Waals surface area contributed by atoms with E-state index in [1.807, 2.05) is 23.3 Å². The lowest BCUT2D eigenvalue weighted by Crippen LogP contribution is -2.29. The second-order valence-corrected chi connectivity index (χ2v) is 6.89. The summed E-state index contributed by atoms with van der Waals surface area (Å²) in [5.74, 6) is 0.881. The van der Waals surface area contributed by atoms with Crippen molar-refractivity contribution in [2.75, 3.05) is 13.1 Å².